The lowest BCUT2D eigenvalue weighted by Gasteiger charge is -2.34. The second kappa shape index (κ2) is 7.71. The normalized spacial score (nSPS) is 22.7. The van der Waals surface area contributed by atoms with Crippen LogP contribution in [0, 0.1) is 0 Å². The van der Waals surface area contributed by atoms with Gasteiger partial charge in [-0.3, -0.25) is 10.00 Å². The zero-order valence-electron chi connectivity index (χ0n) is 16.6. The monoisotopic (exact) mass is 395 g/mol. The predicted octanol–water partition coefficient (Wildman–Crippen LogP) is 3.24. The van der Waals surface area contributed by atoms with E-state index < -0.39 is 17.7 Å². The molecular weight excluding hydrogens is 370 g/mol. The zero-order chi connectivity index (χ0) is 20.4. The molecule has 1 aliphatic rings. The Labute approximate surface area is 168 Å². The first kappa shape index (κ1) is 19.2. The van der Waals surface area contributed by atoms with Crippen molar-refractivity contribution >= 4 is 22.8 Å². The van der Waals surface area contributed by atoms with Crippen LogP contribution in [0.5, 0.6) is 5.88 Å². The van der Waals surface area contributed by atoms with Crippen LogP contribution >= 0.6 is 0 Å². The molecule has 1 aliphatic heterocycles. The number of rotatable bonds is 2. The van der Waals surface area contributed by atoms with Gasteiger partial charge >= 0.3 is 6.03 Å². The van der Waals surface area contributed by atoms with Crippen LogP contribution in [0.15, 0.2) is 42.6 Å². The Morgan fingerprint density at radius 3 is 2.90 bits per heavy atom. The summed E-state index contributed by atoms with van der Waals surface area (Å²) in [6.45, 7) is 4.81. The van der Waals surface area contributed by atoms with E-state index in [9.17, 15) is 9.90 Å². The number of urea groups is 1. The number of nitrogens with zero attached hydrogens (tertiary/aromatic N) is 3. The minimum atomic E-state index is -1.15. The van der Waals surface area contributed by atoms with Gasteiger partial charge in [0.25, 0.3) is 0 Å². The fraction of sp³-hybridized carbons (Fsp3) is 0.381. The largest absolute Gasteiger partial charge is 0.476 e. The van der Waals surface area contributed by atoms with E-state index in [1.807, 2.05) is 41.9 Å². The lowest BCUT2D eigenvalue weighted by Crippen LogP contribution is -2.46. The van der Waals surface area contributed by atoms with Crippen molar-refractivity contribution in [1.29, 1.82) is 0 Å². The number of ether oxygens (including phenoxy) is 1. The number of hydrogen-bond acceptors (Lipinski definition) is 5. The third kappa shape index (κ3) is 3.88. The zero-order valence-corrected chi connectivity index (χ0v) is 16.6. The highest BCUT2D eigenvalue weighted by atomic mass is 16.5. The molecule has 3 aromatic rings. The second-order valence-corrected chi connectivity index (χ2v) is 7.46. The number of carbonyl (C=O) groups excluding carboxylic acids is 1. The average Bonchev–Trinajstić information content (AvgIpc) is 3.12. The van der Waals surface area contributed by atoms with E-state index in [1.54, 1.807) is 19.2 Å². The smallest absolute Gasteiger partial charge is 0.320 e. The predicted molar refractivity (Wildman–Crippen MR) is 110 cm³/mol. The van der Waals surface area contributed by atoms with Gasteiger partial charge in [0, 0.05) is 11.9 Å². The van der Waals surface area contributed by atoms with Gasteiger partial charge in [0.1, 0.15) is 11.3 Å². The first-order valence-electron chi connectivity index (χ1n) is 9.82. The van der Waals surface area contributed by atoms with E-state index in [-0.39, 0.29) is 0 Å². The molecule has 2 amide bonds. The number of hydrogen-bond donors (Lipinski definition) is 3. The van der Waals surface area contributed by atoms with Crippen LogP contribution in [0.2, 0.25) is 0 Å². The SMILES string of the molecule is CCn1ncc2cc3nc(c21)OCCC[C@](C)(O)[C@H](c1ccccc1)NC(=O)N3. The molecule has 0 fully saturated rings. The minimum Gasteiger partial charge on any atom is -0.476 e. The fourth-order valence-corrected chi connectivity index (χ4v) is 3.76. The third-order valence-corrected chi connectivity index (χ3v) is 5.22. The quantitative estimate of drug-likeness (QED) is 0.618. The van der Waals surface area contributed by atoms with Gasteiger partial charge in [-0.1, -0.05) is 30.3 Å². The van der Waals surface area contributed by atoms with Crippen LogP contribution in [-0.4, -0.2) is 38.1 Å². The summed E-state index contributed by atoms with van der Waals surface area (Å²) < 4.78 is 7.76. The maximum Gasteiger partial charge on any atom is 0.320 e. The van der Waals surface area contributed by atoms with Crippen LogP contribution in [0.25, 0.3) is 10.9 Å². The van der Waals surface area contributed by atoms with Gasteiger partial charge in [0.2, 0.25) is 5.88 Å². The minimum absolute atomic E-state index is 0.368. The number of anilines is 1. The summed E-state index contributed by atoms with van der Waals surface area (Å²) in [5.74, 6) is 0.796. The molecule has 3 heterocycles. The number of fused-ring (bicyclic) bond motifs is 4. The Morgan fingerprint density at radius 1 is 1.34 bits per heavy atom. The van der Waals surface area contributed by atoms with Crippen molar-refractivity contribution in [2.45, 2.75) is 44.9 Å². The number of amides is 2. The Hall–Kier alpha value is -3.13. The van der Waals surface area contributed by atoms with Crippen LogP contribution in [0.1, 0.15) is 38.3 Å². The molecular formula is C21H25N5O3. The fourth-order valence-electron chi connectivity index (χ4n) is 3.76. The topological polar surface area (TPSA) is 101 Å². The Kier molecular flexibility index (Phi) is 5.10. The lowest BCUT2D eigenvalue weighted by atomic mass is 9.86. The summed E-state index contributed by atoms with van der Waals surface area (Å²) in [5.41, 5.74) is 0.478. The number of aryl methyl sites for hydroxylation is 1. The van der Waals surface area contributed by atoms with Gasteiger partial charge in [-0.05, 0) is 38.3 Å². The van der Waals surface area contributed by atoms with Gasteiger partial charge in [-0.25, -0.2) is 4.79 Å². The van der Waals surface area contributed by atoms with Crippen molar-refractivity contribution in [3.05, 3.63) is 48.2 Å². The average molecular weight is 395 g/mol. The molecule has 2 atom stereocenters. The molecule has 0 spiro atoms. The van der Waals surface area contributed by atoms with E-state index in [4.69, 9.17) is 4.74 Å². The number of carbonyl (C=O) groups is 1. The maximum absolute atomic E-state index is 12.7. The highest BCUT2D eigenvalue weighted by Crippen LogP contribution is 2.32. The van der Waals surface area contributed by atoms with Crippen molar-refractivity contribution in [2.75, 3.05) is 11.9 Å². The highest BCUT2D eigenvalue weighted by Gasteiger charge is 2.34. The third-order valence-electron chi connectivity index (χ3n) is 5.22. The van der Waals surface area contributed by atoms with Crippen molar-refractivity contribution in [1.82, 2.24) is 20.1 Å². The highest BCUT2D eigenvalue weighted by molar-refractivity contribution is 5.92. The molecule has 2 bridgehead atoms. The molecule has 8 heteroatoms. The molecule has 4 rings (SSSR count). The summed E-state index contributed by atoms with van der Waals surface area (Å²) in [6, 6.07) is 10.2. The van der Waals surface area contributed by atoms with E-state index >= 15 is 0 Å². The summed E-state index contributed by atoms with van der Waals surface area (Å²) in [7, 11) is 0. The summed E-state index contributed by atoms with van der Waals surface area (Å²) in [6.07, 6.45) is 2.79. The van der Waals surface area contributed by atoms with Crippen LogP contribution in [0.3, 0.4) is 0 Å². The van der Waals surface area contributed by atoms with Crippen molar-refractivity contribution in [3.8, 4) is 5.88 Å². The van der Waals surface area contributed by atoms with Crippen LogP contribution < -0.4 is 15.4 Å². The van der Waals surface area contributed by atoms with Gasteiger partial charge in [-0.15, -0.1) is 0 Å². The molecule has 1 aromatic carbocycles. The van der Waals surface area contributed by atoms with Gasteiger partial charge in [0.15, 0.2) is 0 Å². The molecule has 0 unspecified atom stereocenters. The first-order valence-corrected chi connectivity index (χ1v) is 9.82. The molecule has 8 nitrogen and oxygen atoms in total. The Morgan fingerprint density at radius 2 is 2.14 bits per heavy atom. The Balaban J connectivity index is 1.71. The van der Waals surface area contributed by atoms with E-state index in [2.05, 4.69) is 20.7 Å². The molecule has 0 saturated carbocycles. The molecule has 0 radical (unpaired) electrons. The number of aromatic nitrogens is 3. The number of benzene rings is 1. The molecule has 29 heavy (non-hydrogen) atoms. The van der Waals surface area contributed by atoms with E-state index in [1.165, 1.54) is 0 Å². The summed E-state index contributed by atoms with van der Waals surface area (Å²) >= 11 is 0. The van der Waals surface area contributed by atoms with Gasteiger partial charge in [-0.2, -0.15) is 10.1 Å². The summed E-state index contributed by atoms with van der Waals surface area (Å²) in [5, 5.41) is 22.0. The lowest BCUT2D eigenvalue weighted by molar-refractivity contribution is 0.00958. The number of nitrogens with one attached hydrogen (secondary N) is 2. The van der Waals surface area contributed by atoms with Gasteiger partial charge < -0.3 is 15.2 Å². The van der Waals surface area contributed by atoms with Gasteiger partial charge in [0.05, 0.1) is 24.4 Å². The maximum atomic E-state index is 12.7. The Bertz CT molecular complexity index is 1020. The van der Waals surface area contributed by atoms with Crippen molar-refractivity contribution in [3.63, 3.8) is 0 Å². The van der Waals surface area contributed by atoms with Crippen molar-refractivity contribution in [2.24, 2.45) is 0 Å². The molecule has 0 aliphatic carbocycles. The second-order valence-electron chi connectivity index (χ2n) is 7.46. The van der Waals surface area contributed by atoms with Crippen LogP contribution in [-0.2, 0) is 6.54 Å². The molecule has 152 valence electrons. The van der Waals surface area contributed by atoms with E-state index in [0.29, 0.717) is 37.7 Å². The molecule has 0 saturated heterocycles. The number of pyridine rings is 1. The standard InChI is InChI=1S/C21H25N5O3/c1-3-26-17-15(13-22-26)12-16-23-19(17)29-11-7-10-21(2,28)18(25-20(27)24-16)14-8-5-4-6-9-14/h4-6,8-9,12-13,18,28H,3,7,10-11H2,1-2H3,(H2,23,24,25,27)/t18-,21-/m0/s1. The first-order chi connectivity index (χ1) is 14.0. The molecule has 3 N–H and O–H groups in total. The summed E-state index contributed by atoms with van der Waals surface area (Å²) in [4.78, 5) is 17.2. The van der Waals surface area contributed by atoms with E-state index in [0.717, 1.165) is 16.5 Å². The molecule has 2 aromatic heterocycles. The van der Waals surface area contributed by atoms with Crippen molar-refractivity contribution < 1.29 is 14.6 Å². The van der Waals surface area contributed by atoms with Crippen LogP contribution in [0.4, 0.5) is 10.6 Å². The number of aliphatic hydroxyl groups is 1.